The molecule has 1 amide bonds. The van der Waals surface area contributed by atoms with Crippen molar-refractivity contribution in [3.63, 3.8) is 0 Å². The Morgan fingerprint density at radius 1 is 1.14 bits per heavy atom. The van der Waals surface area contributed by atoms with Crippen molar-refractivity contribution < 1.29 is 19.1 Å². The number of para-hydroxylation sites is 1. The Bertz CT molecular complexity index is 779. The predicted octanol–water partition coefficient (Wildman–Crippen LogP) is 2.76. The predicted molar refractivity (Wildman–Crippen MR) is 79.5 cm³/mol. The molecule has 1 aliphatic heterocycles. The van der Waals surface area contributed by atoms with Crippen molar-refractivity contribution in [3.05, 3.63) is 65.5 Å². The average Bonchev–Trinajstić information content (AvgIpc) is 2.80. The summed E-state index contributed by atoms with van der Waals surface area (Å²) in [6.07, 6.45) is 0. The van der Waals surface area contributed by atoms with E-state index in [0.29, 0.717) is 11.3 Å². The van der Waals surface area contributed by atoms with E-state index in [1.807, 2.05) is 0 Å². The Morgan fingerprint density at radius 2 is 1.73 bits per heavy atom. The van der Waals surface area contributed by atoms with Gasteiger partial charge in [0.05, 0.1) is 0 Å². The molecule has 0 spiro atoms. The molecule has 2 unspecified atom stereocenters. The average molecular weight is 320 g/mol. The summed E-state index contributed by atoms with van der Waals surface area (Å²) >= 11 is 6.08. The minimum Gasteiger partial charge on any atom is -0.480 e. The molecule has 0 radical (unpaired) electrons. The van der Waals surface area contributed by atoms with Crippen molar-refractivity contribution in [2.24, 2.45) is 0 Å². The fraction of sp³-hybridized carbons (Fsp3) is 0.125. The van der Waals surface area contributed by atoms with Crippen molar-refractivity contribution in [2.45, 2.75) is 10.8 Å². The van der Waals surface area contributed by atoms with Crippen molar-refractivity contribution in [2.75, 3.05) is 5.32 Å². The number of carbonyl (C=O) groups excluding carboxylic acids is 1. The second-order valence-electron chi connectivity index (χ2n) is 4.99. The number of alkyl halides is 1. The summed E-state index contributed by atoms with van der Waals surface area (Å²) in [4.78, 5) is 24.1. The van der Waals surface area contributed by atoms with Crippen molar-refractivity contribution in [1.82, 2.24) is 0 Å². The van der Waals surface area contributed by atoms with E-state index in [4.69, 9.17) is 11.6 Å². The number of carboxylic acid groups (broad SMARTS) is 1. The molecule has 0 fully saturated rings. The Morgan fingerprint density at radius 3 is 2.36 bits per heavy atom. The van der Waals surface area contributed by atoms with E-state index >= 15 is 0 Å². The molecule has 3 rings (SSSR count). The maximum atomic E-state index is 14.3. The lowest BCUT2D eigenvalue weighted by atomic mass is 9.72. The first kappa shape index (κ1) is 14.5. The normalized spacial score (nSPS) is 21.1. The largest absolute Gasteiger partial charge is 0.480 e. The summed E-state index contributed by atoms with van der Waals surface area (Å²) in [6, 6.07) is 12.1. The van der Waals surface area contributed by atoms with Gasteiger partial charge < -0.3 is 10.4 Å². The van der Waals surface area contributed by atoms with E-state index in [1.54, 1.807) is 30.3 Å². The SMILES string of the molecule is O=C(O)C(Cl)C1(c2ccccc2F)C(=O)Nc2ccccc21. The highest BCUT2D eigenvalue weighted by Gasteiger charge is 2.57. The molecule has 0 saturated heterocycles. The molecule has 0 bridgehead atoms. The van der Waals surface area contributed by atoms with Gasteiger partial charge in [-0.2, -0.15) is 0 Å². The van der Waals surface area contributed by atoms with E-state index in [9.17, 15) is 19.1 Å². The summed E-state index contributed by atoms with van der Waals surface area (Å²) in [5.41, 5.74) is -1.08. The first-order valence-electron chi connectivity index (χ1n) is 6.52. The fourth-order valence-electron chi connectivity index (χ4n) is 2.90. The Labute approximate surface area is 130 Å². The quantitative estimate of drug-likeness (QED) is 0.855. The lowest BCUT2D eigenvalue weighted by molar-refractivity contribution is -0.139. The van der Waals surface area contributed by atoms with Crippen LogP contribution in [0.3, 0.4) is 0 Å². The number of amides is 1. The van der Waals surface area contributed by atoms with Crippen molar-refractivity contribution in [3.8, 4) is 0 Å². The van der Waals surface area contributed by atoms with Gasteiger partial charge in [0.2, 0.25) is 5.91 Å². The van der Waals surface area contributed by atoms with Crippen LogP contribution in [0.5, 0.6) is 0 Å². The maximum absolute atomic E-state index is 14.3. The molecule has 0 aliphatic carbocycles. The van der Waals surface area contributed by atoms with E-state index < -0.39 is 28.5 Å². The number of halogens is 2. The van der Waals surface area contributed by atoms with E-state index in [1.165, 1.54) is 18.2 Å². The van der Waals surface area contributed by atoms with E-state index in [-0.39, 0.29) is 5.56 Å². The molecule has 112 valence electrons. The number of benzene rings is 2. The molecule has 1 aliphatic rings. The van der Waals surface area contributed by atoms with Gasteiger partial charge >= 0.3 is 5.97 Å². The van der Waals surface area contributed by atoms with Crippen molar-refractivity contribution >= 4 is 29.2 Å². The standard InChI is InChI=1S/C16H11ClFNO3/c17-13(14(20)21)16(9-5-1-3-7-11(9)18)10-6-2-4-8-12(10)19-15(16)22/h1-8,13H,(H,19,22)(H,20,21). The van der Waals surface area contributed by atoms with Crippen LogP contribution in [0.25, 0.3) is 0 Å². The second-order valence-corrected chi connectivity index (χ2v) is 5.42. The smallest absolute Gasteiger partial charge is 0.323 e. The number of carbonyl (C=O) groups is 2. The Balaban J connectivity index is 2.38. The maximum Gasteiger partial charge on any atom is 0.323 e. The first-order valence-corrected chi connectivity index (χ1v) is 6.96. The molecule has 0 aromatic heterocycles. The minimum absolute atomic E-state index is 0.0557. The van der Waals surface area contributed by atoms with Gasteiger partial charge in [0, 0.05) is 11.3 Å². The number of nitrogens with one attached hydrogen (secondary N) is 1. The number of rotatable bonds is 3. The van der Waals surface area contributed by atoms with E-state index in [0.717, 1.165) is 0 Å². The molecule has 2 aromatic carbocycles. The lowest BCUT2D eigenvalue weighted by Gasteiger charge is -2.30. The summed E-state index contributed by atoms with van der Waals surface area (Å²) in [5.74, 6) is -2.72. The number of fused-ring (bicyclic) bond motifs is 1. The van der Waals surface area contributed by atoms with Crippen LogP contribution in [0.15, 0.2) is 48.5 Å². The summed E-state index contributed by atoms with van der Waals surface area (Å²) in [5, 5.41) is 10.3. The second kappa shape index (κ2) is 5.10. The minimum atomic E-state index is -1.81. The lowest BCUT2D eigenvalue weighted by Crippen LogP contribution is -2.48. The topological polar surface area (TPSA) is 66.4 Å². The molecule has 2 aromatic rings. The van der Waals surface area contributed by atoms with Crippen LogP contribution in [0, 0.1) is 5.82 Å². The van der Waals surface area contributed by atoms with Crippen LogP contribution in [0.2, 0.25) is 0 Å². The third-order valence-electron chi connectivity index (χ3n) is 3.85. The molecule has 0 saturated carbocycles. The summed E-state index contributed by atoms with van der Waals surface area (Å²) in [7, 11) is 0. The fourth-order valence-corrected chi connectivity index (χ4v) is 3.24. The zero-order valence-corrected chi connectivity index (χ0v) is 12.0. The zero-order valence-electron chi connectivity index (χ0n) is 11.2. The summed E-state index contributed by atoms with van der Waals surface area (Å²) < 4.78 is 14.3. The van der Waals surface area contributed by atoms with Gasteiger partial charge in [-0.15, -0.1) is 11.6 Å². The third-order valence-corrected chi connectivity index (χ3v) is 4.37. The van der Waals surface area contributed by atoms with Gasteiger partial charge in [0.1, 0.15) is 11.2 Å². The van der Waals surface area contributed by atoms with Crippen LogP contribution >= 0.6 is 11.6 Å². The van der Waals surface area contributed by atoms with Crippen molar-refractivity contribution in [1.29, 1.82) is 0 Å². The van der Waals surface area contributed by atoms with Crippen LogP contribution in [0.4, 0.5) is 10.1 Å². The van der Waals surface area contributed by atoms with Crippen LogP contribution in [-0.4, -0.2) is 22.4 Å². The number of hydrogen-bond acceptors (Lipinski definition) is 2. The zero-order chi connectivity index (χ0) is 15.9. The van der Waals surface area contributed by atoms with Crippen LogP contribution in [-0.2, 0) is 15.0 Å². The number of aliphatic carboxylic acids is 1. The van der Waals surface area contributed by atoms with Gasteiger partial charge in [-0.05, 0) is 17.7 Å². The third kappa shape index (κ3) is 1.82. The van der Waals surface area contributed by atoms with E-state index in [2.05, 4.69) is 5.32 Å². The highest BCUT2D eigenvalue weighted by molar-refractivity contribution is 6.34. The molecule has 1 heterocycles. The monoisotopic (exact) mass is 319 g/mol. The summed E-state index contributed by atoms with van der Waals surface area (Å²) in [6.45, 7) is 0. The van der Waals surface area contributed by atoms with Gasteiger partial charge in [-0.3, -0.25) is 9.59 Å². The molecule has 6 heteroatoms. The van der Waals surface area contributed by atoms with Gasteiger partial charge in [0.15, 0.2) is 5.38 Å². The van der Waals surface area contributed by atoms with Gasteiger partial charge in [-0.1, -0.05) is 36.4 Å². The molecule has 2 N–H and O–H groups in total. The Kier molecular flexibility index (Phi) is 3.37. The highest BCUT2D eigenvalue weighted by Crippen LogP contribution is 2.47. The number of hydrogen-bond donors (Lipinski definition) is 2. The highest BCUT2D eigenvalue weighted by atomic mass is 35.5. The molecule has 2 atom stereocenters. The number of carboxylic acids is 1. The molecular weight excluding hydrogens is 309 g/mol. The first-order chi connectivity index (χ1) is 10.5. The molecular formula is C16H11ClFNO3. The van der Waals surface area contributed by atoms with Crippen LogP contribution < -0.4 is 5.32 Å². The number of anilines is 1. The Hall–Kier alpha value is -2.40. The van der Waals surface area contributed by atoms with Gasteiger partial charge in [-0.25, -0.2) is 4.39 Å². The molecule has 4 nitrogen and oxygen atoms in total. The van der Waals surface area contributed by atoms with Crippen LogP contribution in [0.1, 0.15) is 11.1 Å². The van der Waals surface area contributed by atoms with Gasteiger partial charge in [0.25, 0.3) is 0 Å². The molecule has 22 heavy (non-hydrogen) atoms.